The molecule has 0 aliphatic rings. The predicted molar refractivity (Wildman–Crippen MR) is 99.6 cm³/mol. The fourth-order valence-corrected chi connectivity index (χ4v) is 2.13. The highest BCUT2D eigenvalue weighted by Crippen LogP contribution is 2.25. The van der Waals surface area contributed by atoms with E-state index in [9.17, 15) is 4.79 Å². The molecule has 0 aliphatic carbocycles. The number of benzene rings is 2. The maximum absolute atomic E-state index is 11.9. The summed E-state index contributed by atoms with van der Waals surface area (Å²) >= 11 is 0. The van der Waals surface area contributed by atoms with Gasteiger partial charge in [0.05, 0.1) is 19.8 Å². The molecule has 0 saturated carbocycles. The number of anilines is 1. The monoisotopic (exact) mass is 359 g/mol. The second-order valence-corrected chi connectivity index (χ2v) is 6.68. The van der Waals surface area contributed by atoms with Crippen LogP contribution in [0.1, 0.15) is 36.7 Å². The Hall–Kier alpha value is -2.73. The van der Waals surface area contributed by atoms with Crippen molar-refractivity contribution < 1.29 is 24.0 Å². The predicted octanol–water partition coefficient (Wildman–Crippen LogP) is 4.20. The van der Waals surface area contributed by atoms with Gasteiger partial charge in [0.15, 0.2) is 0 Å². The smallest absolute Gasteiger partial charge is 0.373 e. The maximum atomic E-state index is 11.9. The lowest BCUT2D eigenvalue weighted by Gasteiger charge is -2.16. The van der Waals surface area contributed by atoms with E-state index in [0.717, 1.165) is 22.7 Å². The molecule has 0 unspecified atom stereocenters. The van der Waals surface area contributed by atoms with Crippen molar-refractivity contribution in [1.29, 1.82) is 0 Å². The Morgan fingerprint density at radius 2 is 1.69 bits per heavy atom. The largest absolute Gasteiger partial charge is 0.497 e. The molecule has 0 spiro atoms. The van der Waals surface area contributed by atoms with Crippen molar-refractivity contribution in [2.45, 2.75) is 32.9 Å². The van der Waals surface area contributed by atoms with Gasteiger partial charge in [-0.2, -0.15) is 4.89 Å². The van der Waals surface area contributed by atoms with Gasteiger partial charge < -0.3 is 14.8 Å². The van der Waals surface area contributed by atoms with Crippen molar-refractivity contribution in [3.05, 3.63) is 53.6 Å². The van der Waals surface area contributed by atoms with E-state index in [2.05, 4.69) is 5.32 Å². The highest BCUT2D eigenvalue weighted by Gasteiger charge is 2.16. The lowest BCUT2D eigenvalue weighted by molar-refractivity contribution is -0.301. The highest BCUT2D eigenvalue weighted by atomic mass is 17.2. The van der Waals surface area contributed by atoms with Crippen molar-refractivity contribution >= 4 is 11.7 Å². The Morgan fingerprint density at radius 1 is 1.00 bits per heavy atom. The number of carbonyl (C=O) groups is 1. The normalized spacial score (nSPS) is 11.0. The van der Waals surface area contributed by atoms with Crippen molar-refractivity contribution in [3.8, 4) is 11.5 Å². The fraction of sp³-hybridized carbons (Fsp3) is 0.350. The maximum Gasteiger partial charge on any atom is 0.373 e. The van der Waals surface area contributed by atoms with Gasteiger partial charge in [-0.05, 0) is 57.2 Å². The van der Waals surface area contributed by atoms with E-state index in [1.165, 1.54) is 0 Å². The molecule has 6 heteroatoms. The Morgan fingerprint density at radius 3 is 2.27 bits per heavy atom. The van der Waals surface area contributed by atoms with Gasteiger partial charge in [-0.15, -0.1) is 0 Å². The van der Waals surface area contributed by atoms with Gasteiger partial charge in [0.25, 0.3) is 0 Å². The SMILES string of the molecule is COc1ccc(CNc2ccc(C(=O)OOC(C)(C)C)cc2)c(OC)c1. The van der Waals surface area contributed by atoms with Crippen molar-refractivity contribution in [3.63, 3.8) is 0 Å². The summed E-state index contributed by atoms with van der Waals surface area (Å²) in [5, 5.41) is 3.29. The lowest BCUT2D eigenvalue weighted by atomic mass is 10.1. The molecular weight excluding hydrogens is 334 g/mol. The molecule has 2 rings (SSSR count). The molecule has 0 atom stereocenters. The minimum absolute atomic E-state index is 0.418. The topological polar surface area (TPSA) is 66.0 Å². The summed E-state index contributed by atoms with van der Waals surface area (Å²) in [5.74, 6) is 0.964. The van der Waals surface area contributed by atoms with Crippen LogP contribution in [0.25, 0.3) is 0 Å². The quantitative estimate of drug-likeness (QED) is 0.590. The summed E-state index contributed by atoms with van der Waals surface area (Å²) in [7, 11) is 3.24. The van der Waals surface area contributed by atoms with Crippen LogP contribution < -0.4 is 14.8 Å². The minimum Gasteiger partial charge on any atom is -0.497 e. The molecule has 0 aromatic heterocycles. The first-order valence-corrected chi connectivity index (χ1v) is 8.27. The second-order valence-electron chi connectivity index (χ2n) is 6.68. The summed E-state index contributed by atoms with van der Waals surface area (Å²) in [5.41, 5.74) is 1.74. The third-order valence-corrected chi connectivity index (χ3v) is 3.47. The average molecular weight is 359 g/mol. The zero-order chi connectivity index (χ0) is 19.2. The third-order valence-electron chi connectivity index (χ3n) is 3.47. The van der Waals surface area contributed by atoms with Crippen LogP contribution in [0.15, 0.2) is 42.5 Å². The van der Waals surface area contributed by atoms with Crippen LogP contribution in [0.2, 0.25) is 0 Å². The third kappa shape index (κ3) is 5.67. The van der Waals surface area contributed by atoms with Crippen LogP contribution >= 0.6 is 0 Å². The van der Waals surface area contributed by atoms with Gasteiger partial charge in [-0.25, -0.2) is 4.79 Å². The molecule has 0 fully saturated rings. The second kappa shape index (κ2) is 8.58. The molecule has 26 heavy (non-hydrogen) atoms. The molecule has 0 aliphatic heterocycles. The molecule has 2 aromatic carbocycles. The first-order valence-electron chi connectivity index (χ1n) is 8.27. The fourth-order valence-electron chi connectivity index (χ4n) is 2.13. The zero-order valence-electron chi connectivity index (χ0n) is 15.8. The molecule has 0 radical (unpaired) electrons. The van der Waals surface area contributed by atoms with Crippen LogP contribution in [-0.2, 0) is 16.3 Å². The molecule has 6 nitrogen and oxygen atoms in total. The molecule has 0 amide bonds. The Kier molecular flexibility index (Phi) is 6.46. The number of methoxy groups -OCH3 is 2. The van der Waals surface area contributed by atoms with E-state index < -0.39 is 11.6 Å². The van der Waals surface area contributed by atoms with E-state index in [0.29, 0.717) is 12.1 Å². The van der Waals surface area contributed by atoms with Crippen molar-refractivity contribution in [1.82, 2.24) is 0 Å². The van der Waals surface area contributed by atoms with Crippen LogP contribution in [0.4, 0.5) is 5.69 Å². The lowest BCUT2D eigenvalue weighted by Crippen LogP contribution is -2.21. The number of ether oxygens (including phenoxy) is 2. The summed E-state index contributed by atoms with van der Waals surface area (Å²) in [6.45, 7) is 5.99. The van der Waals surface area contributed by atoms with Crippen molar-refractivity contribution in [2.75, 3.05) is 19.5 Å². The van der Waals surface area contributed by atoms with Crippen LogP contribution in [-0.4, -0.2) is 25.8 Å². The number of carbonyl (C=O) groups excluding carboxylic acids is 1. The molecule has 140 valence electrons. The minimum atomic E-state index is -0.547. The number of nitrogens with one attached hydrogen (secondary N) is 1. The molecule has 1 N–H and O–H groups in total. The molecule has 0 bridgehead atoms. The molecule has 0 saturated heterocycles. The summed E-state index contributed by atoms with van der Waals surface area (Å²) in [4.78, 5) is 21.8. The molecular formula is C20H25NO5. The summed E-state index contributed by atoms with van der Waals surface area (Å²) in [6, 6.07) is 12.6. The highest BCUT2D eigenvalue weighted by molar-refractivity contribution is 5.89. The van der Waals surface area contributed by atoms with E-state index in [-0.39, 0.29) is 0 Å². The van der Waals surface area contributed by atoms with Crippen LogP contribution in [0.5, 0.6) is 11.5 Å². The van der Waals surface area contributed by atoms with Gasteiger partial charge in [-0.3, -0.25) is 4.89 Å². The summed E-state index contributed by atoms with van der Waals surface area (Å²) < 4.78 is 10.6. The van der Waals surface area contributed by atoms with E-state index in [4.69, 9.17) is 19.2 Å². The first-order chi connectivity index (χ1) is 12.3. The van der Waals surface area contributed by atoms with Gasteiger partial charge in [0.1, 0.15) is 17.1 Å². The Balaban J connectivity index is 1.96. The number of hydrogen-bond acceptors (Lipinski definition) is 6. The average Bonchev–Trinajstić information content (AvgIpc) is 2.64. The number of rotatable bonds is 7. The molecule has 0 heterocycles. The zero-order valence-corrected chi connectivity index (χ0v) is 15.8. The van der Waals surface area contributed by atoms with Gasteiger partial charge in [0, 0.05) is 23.9 Å². The first kappa shape index (κ1) is 19.6. The van der Waals surface area contributed by atoms with Crippen LogP contribution in [0, 0.1) is 0 Å². The van der Waals surface area contributed by atoms with Crippen molar-refractivity contribution in [2.24, 2.45) is 0 Å². The van der Waals surface area contributed by atoms with Gasteiger partial charge >= 0.3 is 5.97 Å². The molecule has 2 aromatic rings. The number of hydrogen-bond donors (Lipinski definition) is 1. The van der Waals surface area contributed by atoms with E-state index >= 15 is 0 Å². The van der Waals surface area contributed by atoms with Gasteiger partial charge in [0.2, 0.25) is 0 Å². The Labute approximate surface area is 154 Å². The van der Waals surface area contributed by atoms with Gasteiger partial charge in [-0.1, -0.05) is 0 Å². The van der Waals surface area contributed by atoms with Crippen LogP contribution in [0.3, 0.4) is 0 Å². The summed E-state index contributed by atoms with van der Waals surface area (Å²) in [6.07, 6.45) is 0. The Bertz CT molecular complexity index is 735. The van der Waals surface area contributed by atoms with E-state index in [1.54, 1.807) is 47.1 Å². The standard InChI is InChI=1S/C20H25NO5/c1-20(2,3)26-25-19(22)14-6-9-16(10-7-14)21-13-15-8-11-17(23-4)12-18(15)24-5/h6-12,21H,13H2,1-5H3. The van der Waals surface area contributed by atoms with E-state index in [1.807, 2.05) is 30.3 Å².